The Morgan fingerprint density at radius 3 is 2.05 bits per heavy atom. The molecule has 1 N–H and O–H groups in total. The van der Waals surface area contributed by atoms with E-state index in [1.54, 1.807) is 0 Å². The number of carbonyl (C=O) groups excluding carboxylic acids is 1. The van der Waals surface area contributed by atoms with Gasteiger partial charge in [-0.1, -0.05) is 6.92 Å². The number of hydrogen-bond acceptors (Lipinski definition) is 4. The van der Waals surface area contributed by atoms with Crippen LogP contribution in [0.4, 0.5) is 0 Å². The molecule has 0 radical (unpaired) electrons. The van der Waals surface area contributed by atoms with Gasteiger partial charge in [0.1, 0.15) is 6.10 Å². The highest BCUT2D eigenvalue weighted by Crippen LogP contribution is 2.39. The molecule has 0 spiro atoms. The summed E-state index contributed by atoms with van der Waals surface area (Å²) in [6.07, 6.45) is 1.21. The molecular formula is C15H27NO4. The average Bonchev–Trinajstić information content (AvgIpc) is 2.23. The number of nitrogens with zero attached hydrogens (tertiary/aromatic N) is 1. The smallest absolute Gasteiger partial charge is 0.306 e. The third kappa shape index (κ3) is 4.20. The Morgan fingerprint density at radius 1 is 1.15 bits per heavy atom. The zero-order chi connectivity index (χ0) is 15.6. The van der Waals surface area contributed by atoms with Crippen LogP contribution in [-0.4, -0.2) is 45.7 Å². The average molecular weight is 285 g/mol. The molecule has 1 rings (SSSR count). The van der Waals surface area contributed by atoms with Gasteiger partial charge in [0.2, 0.25) is 0 Å². The summed E-state index contributed by atoms with van der Waals surface area (Å²) in [4.78, 5) is 24.6. The van der Waals surface area contributed by atoms with Crippen LogP contribution in [0, 0.1) is 0 Å². The number of hydrogen-bond donors (Lipinski definition) is 1. The maximum absolute atomic E-state index is 11.7. The monoisotopic (exact) mass is 285 g/mol. The molecule has 1 aliphatic heterocycles. The largest absolute Gasteiger partial charge is 0.481 e. The first kappa shape index (κ1) is 17.0. The maximum Gasteiger partial charge on any atom is 0.306 e. The predicted octanol–water partition coefficient (Wildman–Crippen LogP) is 2.44. The fraction of sp³-hybridized carbons (Fsp3) is 0.867. The van der Waals surface area contributed by atoms with Crippen LogP contribution in [-0.2, 0) is 14.3 Å². The van der Waals surface area contributed by atoms with Crippen LogP contribution in [0.25, 0.3) is 0 Å². The van der Waals surface area contributed by atoms with Crippen molar-refractivity contribution in [3.8, 4) is 0 Å². The molecule has 1 heterocycles. The van der Waals surface area contributed by atoms with Crippen molar-refractivity contribution < 1.29 is 19.4 Å². The van der Waals surface area contributed by atoms with Crippen molar-refractivity contribution >= 4 is 11.9 Å². The summed E-state index contributed by atoms with van der Waals surface area (Å²) in [6, 6.07) is 0. The quantitative estimate of drug-likeness (QED) is 0.786. The molecule has 0 aromatic heterocycles. The molecule has 0 unspecified atom stereocenters. The molecule has 0 atom stereocenters. The molecule has 5 heteroatoms. The molecule has 0 bridgehead atoms. The van der Waals surface area contributed by atoms with Gasteiger partial charge in [0.25, 0.3) is 0 Å². The number of carbonyl (C=O) groups is 2. The number of aliphatic carboxylic acids is 1. The predicted molar refractivity (Wildman–Crippen MR) is 76.5 cm³/mol. The summed E-state index contributed by atoms with van der Waals surface area (Å²) in [6.45, 7) is 11.7. The van der Waals surface area contributed by atoms with Crippen molar-refractivity contribution in [2.24, 2.45) is 0 Å². The number of esters is 1. The zero-order valence-electron chi connectivity index (χ0n) is 13.2. The standard InChI is InChI=1S/C15H27NO4/c1-6-16-14(2,3)9-11(10-15(16,4)5)20-13(19)8-7-12(17)18/h11H,6-10H2,1-5H3,(H,17,18). The second-order valence-electron chi connectivity index (χ2n) is 6.78. The normalized spacial score (nSPS) is 22.4. The molecule has 0 aromatic rings. The van der Waals surface area contributed by atoms with Crippen molar-refractivity contribution in [2.45, 2.75) is 77.5 Å². The van der Waals surface area contributed by atoms with Gasteiger partial charge >= 0.3 is 11.9 Å². The lowest BCUT2D eigenvalue weighted by atomic mass is 9.78. The molecule has 0 aliphatic carbocycles. The lowest BCUT2D eigenvalue weighted by molar-refractivity contribution is -0.161. The van der Waals surface area contributed by atoms with E-state index < -0.39 is 11.9 Å². The molecule has 1 aliphatic rings. The van der Waals surface area contributed by atoms with Gasteiger partial charge in [-0.2, -0.15) is 0 Å². The Hall–Kier alpha value is -1.10. The summed E-state index contributed by atoms with van der Waals surface area (Å²) in [7, 11) is 0. The van der Waals surface area contributed by atoms with Gasteiger partial charge in [-0.05, 0) is 34.2 Å². The fourth-order valence-corrected chi connectivity index (χ4v) is 3.62. The Bertz CT molecular complexity index is 358. The third-order valence-electron chi connectivity index (χ3n) is 4.07. The topological polar surface area (TPSA) is 66.8 Å². The van der Waals surface area contributed by atoms with Crippen LogP contribution in [0.3, 0.4) is 0 Å². The van der Waals surface area contributed by atoms with Crippen LogP contribution < -0.4 is 0 Å². The lowest BCUT2D eigenvalue weighted by Gasteiger charge is -2.54. The first-order chi connectivity index (χ1) is 9.08. The van der Waals surface area contributed by atoms with Crippen LogP contribution in [0.2, 0.25) is 0 Å². The fourth-order valence-electron chi connectivity index (χ4n) is 3.62. The maximum atomic E-state index is 11.7. The van der Waals surface area contributed by atoms with E-state index in [9.17, 15) is 9.59 Å². The Balaban J connectivity index is 2.66. The number of carboxylic acid groups (broad SMARTS) is 1. The second-order valence-corrected chi connectivity index (χ2v) is 6.78. The minimum atomic E-state index is -0.969. The highest BCUT2D eigenvalue weighted by molar-refractivity contribution is 5.76. The molecule has 20 heavy (non-hydrogen) atoms. The third-order valence-corrected chi connectivity index (χ3v) is 4.07. The zero-order valence-corrected chi connectivity index (χ0v) is 13.2. The lowest BCUT2D eigenvalue weighted by Crippen LogP contribution is -2.62. The molecule has 116 valence electrons. The van der Waals surface area contributed by atoms with Gasteiger partial charge in [-0.25, -0.2) is 0 Å². The van der Waals surface area contributed by atoms with Crippen molar-refractivity contribution in [2.75, 3.05) is 6.54 Å². The van der Waals surface area contributed by atoms with Gasteiger partial charge < -0.3 is 9.84 Å². The summed E-state index contributed by atoms with van der Waals surface area (Å²) in [5.74, 6) is -1.38. The van der Waals surface area contributed by atoms with Gasteiger partial charge in [0, 0.05) is 23.9 Å². The minimum Gasteiger partial charge on any atom is -0.481 e. The van der Waals surface area contributed by atoms with Crippen LogP contribution >= 0.6 is 0 Å². The van der Waals surface area contributed by atoms with Crippen LogP contribution in [0.15, 0.2) is 0 Å². The molecule has 1 fully saturated rings. The molecule has 5 nitrogen and oxygen atoms in total. The summed E-state index contributed by atoms with van der Waals surface area (Å²) >= 11 is 0. The van der Waals surface area contributed by atoms with Crippen LogP contribution in [0.1, 0.15) is 60.3 Å². The van der Waals surface area contributed by atoms with E-state index in [-0.39, 0.29) is 30.0 Å². The molecule has 0 aromatic carbocycles. The number of carboxylic acids is 1. The first-order valence-corrected chi connectivity index (χ1v) is 7.27. The van der Waals surface area contributed by atoms with E-state index in [1.165, 1.54) is 0 Å². The van der Waals surface area contributed by atoms with Gasteiger partial charge in [-0.3, -0.25) is 14.5 Å². The summed E-state index contributed by atoms with van der Waals surface area (Å²) in [5.41, 5.74) is -0.0670. The SMILES string of the molecule is CCN1C(C)(C)CC(OC(=O)CCC(=O)O)CC1(C)C. The van der Waals surface area contributed by atoms with E-state index >= 15 is 0 Å². The Labute approximate surface area is 121 Å². The molecule has 1 saturated heterocycles. The first-order valence-electron chi connectivity index (χ1n) is 7.27. The Kier molecular flexibility index (Phi) is 5.19. The highest BCUT2D eigenvalue weighted by Gasteiger charge is 2.45. The summed E-state index contributed by atoms with van der Waals surface area (Å²) in [5, 5.41) is 8.59. The van der Waals surface area contributed by atoms with Crippen molar-refractivity contribution in [1.82, 2.24) is 4.90 Å². The van der Waals surface area contributed by atoms with Gasteiger partial charge in [0.15, 0.2) is 0 Å². The number of likely N-dealkylation sites (tertiary alicyclic amines) is 1. The van der Waals surface area contributed by atoms with E-state index in [1.807, 2.05) is 0 Å². The number of ether oxygens (including phenoxy) is 1. The summed E-state index contributed by atoms with van der Waals surface area (Å²) < 4.78 is 5.48. The van der Waals surface area contributed by atoms with E-state index in [4.69, 9.17) is 9.84 Å². The Morgan fingerprint density at radius 2 is 1.65 bits per heavy atom. The van der Waals surface area contributed by atoms with E-state index in [0.29, 0.717) is 0 Å². The second kappa shape index (κ2) is 6.12. The van der Waals surface area contributed by atoms with Crippen molar-refractivity contribution in [3.05, 3.63) is 0 Å². The molecule has 0 saturated carbocycles. The van der Waals surface area contributed by atoms with Gasteiger partial charge in [-0.15, -0.1) is 0 Å². The number of piperidine rings is 1. The van der Waals surface area contributed by atoms with E-state index in [2.05, 4.69) is 39.5 Å². The van der Waals surface area contributed by atoms with E-state index in [0.717, 1.165) is 19.4 Å². The highest BCUT2D eigenvalue weighted by atomic mass is 16.5. The minimum absolute atomic E-state index is 0.0335. The molecule has 0 amide bonds. The van der Waals surface area contributed by atoms with Crippen molar-refractivity contribution in [1.29, 1.82) is 0 Å². The van der Waals surface area contributed by atoms with Crippen molar-refractivity contribution in [3.63, 3.8) is 0 Å². The number of rotatable bonds is 5. The van der Waals surface area contributed by atoms with Crippen LogP contribution in [0.5, 0.6) is 0 Å². The molecular weight excluding hydrogens is 258 g/mol. The van der Waals surface area contributed by atoms with Gasteiger partial charge in [0.05, 0.1) is 12.8 Å².